The second kappa shape index (κ2) is 8.31. The smallest absolute Gasteiger partial charge is 0.229 e. The maximum atomic E-state index is 11.7. The predicted octanol–water partition coefficient (Wildman–Crippen LogP) is 3.45. The molecule has 2 aromatic carbocycles. The van der Waals surface area contributed by atoms with E-state index < -0.39 is 0 Å². The number of amides is 2. The zero-order valence-electron chi connectivity index (χ0n) is 15.1. The van der Waals surface area contributed by atoms with Gasteiger partial charge in [0.05, 0.1) is 0 Å². The molecule has 7 heteroatoms. The molecule has 3 aromatic rings. The van der Waals surface area contributed by atoms with Crippen LogP contribution in [0.1, 0.15) is 12.8 Å². The van der Waals surface area contributed by atoms with Crippen LogP contribution in [0.4, 0.5) is 0 Å². The fourth-order valence-corrected chi connectivity index (χ4v) is 3.77. The Morgan fingerprint density at radius 3 is 1.96 bits per heavy atom. The number of likely N-dealkylation sites (tertiary alicyclic amines) is 1. The maximum absolute atomic E-state index is 11.7. The summed E-state index contributed by atoms with van der Waals surface area (Å²) in [5.41, 5.74) is 3.40. The Bertz CT molecular complexity index is 980. The highest BCUT2D eigenvalue weighted by molar-refractivity contribution is 7.99. The van der Waals surface area contributed by atoms with Crippen LogP contribution in [0.3, 0.4) is 0 Å². The molecule has 0 atom stereocenters. The van der Waals surface area contributed by atoms with Gasteiger partial charge in [0, 0.05) is 36.3 Å². The lowest BCUT2D eigenvalue weighted by atomic mass is 10.0. The van der Waals surface area contributed by atoms with Gasteiger partial charge in [-0.3, -0.25) is 14.5 Å². The molecule has 1 fully saturated rings. The third-order valence-corrected chi connectivity index (χ3v) is 5.28. The summed E-state index contributed by atoms with van der Waals surface area (Å²) in [6.45, 7) is 0.368. The molecule has 0 spiro atoms. The van der Waals surface area contributed by atoms with Gasteiger partial charge in [-0.1, -0.05) is 72.4 Å². The van der Waals surface area contributed by atoms with Gasteiger partial charge >= 0.3 is 0 Å². The summed E-state index contributed by atoms with van der Waals surface area (Å²) < 4.78 is 0. The summed E-state index contributed by atoms with van der Waals surface area (Å²) in [6, 6.07) is 19.7. The van der Waals surface area contributed by atoms with Crippen LogP contribution < -0.4 is 0 Å². The highest BCUT2D eigenvalue weighted by Gasteiger charge is 2.28. The summed E-state index contributed by atoms with van der Waals surface area (Å²) in [7, 11) is 0. The van der Waals surface area contributed by atoms with E-state index in [9.17, 15) is 9.59 Å². The Balaban J connectivity index is 1.58. The quantitative estimate of drug-likeness (QED) is 0.474. The second-order valence-corrected chi connectivity index (χ2v) is 7.37. The molecule has 28 heavy (non-hydrogen) atoms. The second-order valence-electron chi connectivity index (χ2n) is 6.31. The fourth-order valence-electron chi connectivity index (χ4n) is 3.06. The van der Waals surface area contributed by atoms with Gasteiger partial charge in [-0.15, -0.1) is 10.2 Å². The highest BCUT2D eigenvalue weighted by atomic mass is 32.2. The first kappa shape index (κ1) is 18.3. The molecule has 0 radical (unpaired) electrons. The van der Waals surface area contributed by atoms with Crippen molar-refractivity contribution in [3.8, 4) is 22.5 Å². The van der Waals surface area contributed by atoms with Gasteiger partial charge in [-0.05, 0) is 0 Å². The summed E-state index contributed by atoms with van der Waals surface area (Å²) in [6.07, 6.45) is 0.622. The fraction of sp³-hybridized carbons (Fsp3) is 0.190. The molecule has 1 saturated heterocycles. The molecular weight excluding hydrogens is 372 g/mol. The minimum Gasteiger partial charge on any atom is -0.282 e. The molecule has 1 aromatic heterocycles. The molecule has 0 saturated carbocycles. The van der Waals surface area contributed by atoms with E-state index in [1.807, 2.05) is 60.7 Å². The van der Waals surface area contributed by atoms with Crippen molar-refractivity contribution in [2.24, 2.45) is 0 Å². The van der Waals surface area contributed by atoms with E-state index in [4.69, 9.17) is 4.98 Å². The van der Waals surface area contributed by atoms with Crippen molar-refractivity contribution >= 4 is 23.6 Å². The Hall–Kier alpha value is -3.06. The predicted molar refractivity (Wildman–Crippen MR) is 107 cm³/mol. The standard InChI is InChI=1S/C21H18N4O2S/c26-17-11-12-18(27)25(17)13-14-28-21-22-19(15-7-3-1-4-8-15)20(23-24-21)16-9-5-2-6-10-16/h1-10H,11-14H2. The molecule has 0 unspecified atom stereocenters. The van der Waals surface area contributed by atoms with E-state index in [2.05, 4.69) is 10.2 Å². The van der Waals surface area contributed by atoms with Gasteiger partial charge in [0.25, 0.3) is 0 Å². The van der Waals surface area contributed by atoms with Crippen molar-refractivity contribution in [1.29, 1.82) is 0 Å². The van der Waals surface area contributed by atoms with Crippen LogP contribution in [-0.4, -0.2) is 44.2 Å². The Labute approximate surface area is 167 Å². The molecule has 4 rings (SSSR count). The van der Waals surface area contributed by atoms with Crippen molar-refractivity contribution in [3.05, 3.63) is 60.7 Å². The monoisotopic (exact) mass is 390 g/mol. The number of benzene rings is 2. The highest BCUT2D eigenvalue weighted by Crippen LogP contribution is 2.29. The van der Waals surface area contributed by atoms with E-state index in [0.29, 0.717) is 30.3 Å². The first-order valence-corrected chi connectivity index (χ1v) is 10.0. The average Bonchev–Trinajstić information content (AvgIpc) is 3.07. The molecule has 0 N–H and O–H groups in total. The first-order chi connectivity index (χ1) is 13.7. The maximum Gasteiger partial charge on any atom is 0.229 e. The van der Waals surface area contributed by atoms with E-state index in [0.717, 1.165) is 22.5 Å². The lowest BCUT2D eigenvalue weighted by molar-refractivity contribution is -0.137. The SMILES string of the molecule is O=C1CCC(=O)N1CCSc1nnc(-c2ccccc2)c(-c2ccccc2)n1. The van der Waals surface area contributed by atoms with Crippen LogP contribution >= 0.6 is 11.8 Å². The number of thioether (sulfide) groups is 1. The Morgan fingerprint density at radius 1 is 0.786 bits per heavy atom. The lowest BCUT2D eigenvalue weighted by Crippen LogP contribution is -2.31. The number of hydrogen-bond acceptors (Lipinski definition) is 6. The Morgan fingerprint density at radius 2 is 1.36 bits per heavy atom. The largest absolute Gasteiger partial charge is 0.282 e. The minimum atomic E-state index is -0.103. The topological polar surface area (TPSA) is 76.1 Å². The number of hydrogen-bond donors (Lipinski definition) is 0. The molecular formula is C21H18N4O2S. The minimum absolute atomic E-state index is 0.103. The molecule has 2 heterocycles. The van der Waals surface area contributed by atoms with Crippen LogP contribution in [0.15, 0.2) is 65.8 Å². The molecule has 140 valence electrons. The molecule has 0 bridgehead atoms. The number of rotatable bonds is 6. The number of aromatic nitrogens is 3. The van der Waals surface area contributed by atoms with Gasteiger partial charge in [0.1, 0.15) is 11.4 Å². The third kappa shape index (κ3) is 3.94. The van der Waals surface area contributed by atoms with E-state index in [1.165, 1.54) is 16.7 Å². The molecule has 2 amide bonds. The number of carbonyl (C=O) groups excluding carboxylic acids is 2. The van der Waals surface area contributed by atoms with E-state index in [-0.39, 0.29) is 11.8 Å². The summed E-state index contributed by atoms with van der Waals surface area (Å²) >= 11 is 1.39. The van der Waals surface area contributed by atoms with Crippen molar-refractivity contribution in [2.75, 3.05) is 12.3 Å². The zero-order chi connectivity index (χ0) is 19.3. The lowest BCUT2D eigenvalue weighted by Gasteiger charge is -2.13. The zero-order valence-corrected chi connectivity index (χ0v) is 15.9. The normalized spacial score (nSPS) is 13.9. The Kier molecular flexibility index (Phi) is 5.43. The molecule has 1 aliphatic rings. The third-order valence-electron chi connectivity index (χ3n) is 4.46. The van der Waals surface area contributed by atoms with Gasteiger partial charge in [0.15, 0.2) is 0 Å². The van der Waals surface area contributed by atoms with Crippen molar-refractivity contribution < 1.29 is 9.59 Å². The molecule has 6 nitrogen and oxygen atoms in total. The molecule has 1 aliphatic heterocycles. The number of carbonyl (C=O) groups is 2. The van der Waals surface area contributed by atoms with Gasteiger partial charge < -0.3 is 0 Å². The number of nitrogens with zero attached hydrogens (tertiary/aromatic N) is 4. The van der Waals surface area contributed by atoms with Gasteiger partial charge in [0.2, 0.25) is 17.0 Å². The summed E-state index contributed by atoms with van der Waals surface area (Å²) in [4.78, 5) is 29.5. The van der Waals surface area contributed by atoms with E-state index >= 15 is 0 Å². The van der Waals surface area contributed by atoms with Gasteiger partial charge in [-0.25, -0.2) is 4.98 Å². The van der Waals surface area contributed by atoms with Crippen LogP contribution in [0, 0.1) is 0 Å². The van der Waals surface area contributed by atoms with Crippen LogP contribution in [0.25, 0.3) is 22.5 Å². The first-order valence-electron chi connectivity index (χ1n) is 9.04. The van der Waals surface area contributed by atoms with Crippen LogP contribution in [0.2, 0.25) is 0 Å². The van der Waals surface area contributed by atoms with Crippen molar-refractivity contribution in [1.82, 2.24) is 20.1 Å². The van der Waals surface area contributed by atoms with Gasteiger partial charge in [-0.2, -0.15) is 0 Å². The average molecular weight is 390 g/mol. The van der Waals surface area contributed by atoms with Crippen molar-refractivity contribution in [2.45, 2.75) is 18.0 Å². The van der Waals surface area contributed by atoms with Crippen LogP contribution in [-0.2, 0) is 9.59 Å². The summed E-state index contributed by atoms with van der Waals surface area (Å²) in [5, 5.41) is 9.21. The van der Waals surface area contributed by atoms with E-state index in [1.54, 1.807) is 0 Å². The molecule has 0 aliphatic carbocycles. The van der Waals surface area contributed by atoms with Crippen LogP contribution in [0.5, 0.6) is 0 Å². The van der Waals surface area contributed by atoms with Crippen molar-refractivity contribution in [3.63, 3.8) is 0 Å². The number of imide groups is 1. The summed E-state index contributed by atoms with van der Waals surface area (Å²) in [5.74, 6) is 0.334.